The van der Waals surface area contributed by atoms with E-state index >= 15 is 0 Å². The fourth-order valence-corrected chi connectivity index (χ4v) is 2.16. The summed E-state index contributed by atoms with van der Waals surface area (Å²) >= 11 is 0. The van der Waals surface area contributed by atoms with Crippen molar-refractivity contribution in [1.29, 1.82) is 0 Å². The second-order valence-corrected chi connectivity index (χ2v) is 4.98. The highest BCUT2D eigenvalue weighted by atomic mass is 16.5. The molecule has 0 aliphatic rings. The van der Waals surface area contributed by atoms with Crippen molar-refractivity contribution in [1.82, 2.24) is 0 Å². The Bertz CT molecular complexity index is 564. The third-order valence-electron chi connectivity index (χ3n) is 3.24. The molecule has 0 saturated carbocycles. The molecule has 0 spiro atoms. The first-order valence-corrected chi connectivity index (χ1v) is 7.20. The molecule has 2 aromatic rings. The summed E-state index contributed by atoms with van der Waals surface area (Å²) in [5.41, 5.74) is 3.40. The van der Waals surface area contributed by atoms with E-state index in [1.165, 1.54) is 11.1 Å². The third-order valence-corrected chi connectivity index (χ3v) is 3.24. The van der Waals surface area contributed by atoms with Gasteiger partial charge in [0, 0.05) is 12.2 Å². The van der Waals surface area contributed by atoms with Gasteiger partial charge in [0.1, 0.15) is 6.54 Å². The van der Waals surface area contributed by atoms with Crippen LogP contribution in [0.4, 0.5) is 5.69 Å². The highest BCUT2D eigenvalue weighted by Gasteiger charge is 2.13. The summed E-state index contributed by atoms with van der Waals surface area (Å²) in [6.45, 7) is 5.22. The second-order valence-electron chi connectivity index (χ2n) is 4.98. The highest BCUT2D eigenvalue weighted by molar-refractivity contribution is 5.75. The van der Waals surface area contributed by atoms with Gasteiger partial charge in [-0.2, -0.15) is 0 Å². The van der Waals surface area contributed by atoms with E-state index in [4.69, 9.17) is 4.74 Å². The van der Waals surface area contributed by atoms with Crippen LogP contribution in [0.2, 0.25) is 0 Å². The molecule has 0 fully saturated rings. The van der Waals surface area contributed by atoms with Gasteiger partial charge >= 0.3 is 5.97 Å². The van der Waals surface area contributed by atoms with Gasteiger partial charge in [-0.3, -0.25) is 4.79 Å². The van der Waals surface area contributed by atoms with E-state index in [2.05, 4.69) is 31.2 Å². The van der Waals surface area contributed by atoms with E-state index in [-0.39, 0.29) is 12.5 Å². The molecule has 0 unspecified atom stereocenters. The zero-order valence-electron chi connectivity index (χ0n) is 12.6. The molecule has 0 bridgehead atoms. The van der Waals surface area contributed by atoms with Gasteiger partial charge in [0.2, 0.25) is 0 Å². The predicted octanol–water partition coefficient (Wildman–Crippen LogP) is 3.56. The van der Waals surface area contributed by atoms with Crippen LogP contribution in [-0.2, 0) is 16.1 Å². The predicted molar refractivity (Wildman–Crippen MR) is 85.3 cm³/mol. The maximum atomic E-state index is 11.8. The van der Waals surface area contributed by atoms with Gasteiger partial charge in [0.25, 0.3) is 0 Å². The van der Waals surface area contributed by atoms with E-state index in [0.29, 0.717) is 13.2 Å². The van der Waals surface area contributed by atoms with Crippen molar-refractivity contribution >= 4 is 11.7 Å². The molecule has 21 heavy (non-hydrogen) atoms. The fourth-order valence-electron chi connectivity index (χ4n) is 2.16. The van der Waals surface area contributed by atoms with Crippen molar-refractivity contribution in [3.8, 4) is 0 Å². The Hall–Kier alpha value is -2.29. The topological polar surface area (TPSA) is 29.5 Å². The molecule has 0 aromatic heterocycles. The zero-order chi connectivity index (χ0) is 15.1. The van der Waals surface area contributed by atoms with Crippen LogP contribution in [0.3, 0.4) is 0 Å². The minimum absolute atomic E-state index is 0.200. The van der Waals surface area contributed by atoms with Crippen LogP contribution in [0.15, 0.2) is 54.6 Å². The van der Waals surface area contributed by atoms with Crippen LogP contribution in [0.1, 0.15) is 18.1 Å². The lowest BCUT2D eigenvalue weighted by atomic mass is 10.1. The quantitative estimate of drug-likeness (QED) is 0.759. The molecule has 0 radical (unpaired) electrons. The summed E-state index contributed by atoms with van der Waals surface area (Å²) < 4.78 is 5.07. The monoisotopic (exact) mass is 283 g/mol. The smallest absolute Gasteiger partial charge is 0.325 e. The number of hydrogen-bond donors (Lipinski definition) is 0. The molecule has 0 saturated heterocycles. The third kappa shape index (κ3) is 4.63. The van der Waals surface area contributed by atoms with Gasteiger partial charge in [-0.05, 0) is 31.5 Å². The van der Waals surface area contributed by atoms with Crippen LogP contribution in [-0.4, -0.2) is 19.1 Å². The fraction of sp³-hybridized carbons (Fsp3) is 0.278. The van der Waals surface area contributed by atoms with Crippen LogP contribution >= 0.6 is 0 Å². The number of carbonyl (C=O) groups is 1. The molecular weight excluding hydrogens is 262 g/mol. The minimum atomic E-state index is -0.200. The van der Waals surface area contributed by atoms with Crippen molar-refractivity contribution in [3.05, 3.63) is 65.7 Å². The molecule has 110 valence electrons. The number of esters is 1. The summed E-state index contributed by atoms with van der Waals surface area (Å²) in [6, 6.07) is 18.3. The van der Waals surface area contributed by atoms with Crippen LogP contribution in [0.25, 0.3) is 0 Å². The van der Waals surface area contributed by atoms with E-state index in [9.17, 15) is 4.79 Å². The molecule has 0 amide bonds. The number of hydrogen-bond acceptors (Lipinski definition) is 3. The Morgan fingerprint density at radius 3 is 2.33 bits per heavy atom. The lowest BCUT2D eigenvalue weighted by molar-refractivity contribution is -0.141. The molecule has 0 aliphatic carbocycles. The lowest BCUT2D eigenvalue weighted by Crippen LogP contribution is -2.30. The Morgan fingerprint density at radius 1 is 1.05 bits per heavy atom. The maximum absolute atomic E-state index is 11.8. The van der Waals surface area contributed by atoms with Crippen LogP contribution in [0.5, 0.6) is 0 Å². The zero-order valence-corrected chi connectivity index (χ0v) is 12.6. The summed E-state index contributed by atoms with van der Waals surface area (Å²) in [5.74, 6) is -0.200. The second kappa shape index (κ2) is 7.48. The Labute approximate surface area is 126 Å². The molecule has 0 aliphatic heterocycles. The molecule has 0 atom stereocenters. The van der Waals surface area contributed by atoms with Crippen molar-refractivity contribution in [2.24, 2.45) is 0 Å². The number of aryl methyl sites for hydroxylation is 1. The van der Waals surface area contributed by atoms with Crippen LogP contribution in [0, 0.1) is 6.92 Å². The van der Waals surface area contributed by atoms with E-state index < -0.39 is 0 Å². The van der Waals surface area contributed by atoms with Gasteiger partial charge in [0.05, 0.1) is 6.61 Å². The summed E-state index contributed by atoms with van der Waals surface area (Å²) in [7, 11) is 0. The van der Waals surface area contributed by atoms with Gasteiger partial charge in [-0.15, -0.1) is 0 Å². The van der Waals surface area contributed by atoms with Crippen molar-refractivity contribution in [3.63, 3.8) is 0 Å². The number of ether oxygens (including phenoxy) is 1. The van der Waals surface area contributed by atoms with Gasteiger partial charge in [0.15, 0.2) is 0 Å². The maximum Gasteiger partial charge on any atom is 0.325 e. The molecule has 0 N–H and O–H groups in total. The average molecular weight is 283 g/mol. The normalized spacial score (nSPS) is 10.2. The standard InChI is InChI=1S/C18H21NO2/c1-3-21-18(20)14-19(13-16-7-5-4-6-8-16)17-11-9-15(2)10-12-17/h4-12H,3,13-14H2,1-2H3. The number of nitrogens with zero attached hydrogens (tertiary/aromatic N) is 1. The van der Waals surface area contributed by atoms with E-state index in [1.54, 1.807) is 0 Å². The van der Waals surface area contributed by atoms with Gasteiger partial charge in [-0.25, -0.2) is 0 Å². The first kappa shape index (κ1) is 15.1. The highest BCUT2D eigenvalue weighted by Crippen LogP contribution is 2.18. The number of anilines is 1. The number of benzene rings is 2. The van der Waals surface area contributed by atoms with Crippen molar-refractivity contribution < 1.29 is 9.53 Å². The van der Waals surface area contributed by atoms with Crippen molar-refractivity contribution in [2.75, 3.05) is 18.1 Å². The van der Waals surface area contributed by atoms with Crippen molar-refractivity contribution in [2.45, 2.75) is 20.4 Å². The Kier molecular flexibility index (Phi) is 5.38. The van der Waals surface area contributed by atoms with Crippen LogP contribution < -0.4 is 4.90 Å². The van der Waals surface area contributed by atoms with Gasteiger partial charge in [-0.1, -0.05) is 48.0 Å². The molecule has 2 aromatic carbocycles. The first-order valence-electron chi connectivity index (χ1n) is 7.20. The molecule has 3 nitrogen and oxygen atoms in total. The minimum Gasteiger partial charge on any atom is -0.465 e. The molecule has 3 heteroatoms. The Morgan fingerprint density at radius 2 is 1.71 bits per heavy atom. The summed E-state index contributed by atoms with van der Waals surface area (Å²) in [4.78, 5) is 13.9. The molecular formula is C18H21NO2. The van der Waals surface area contributed by atoms with Gasteiger partial charge < -0.3 is 9.64 Å². The number of rotatable bonds is 6. The summed E-state index contributed by atoms with van der Waals surface area (Å²) in [6.07, 6.45) is 0. The SMILES string of the molecule is CCOC(=O)CN(Cc1ccccc1)c1ccc(C)cc1. The van der Waals surface area contributed by atoms with E-state index in [1.807, 2.05) is 42.2 Å². The Balaban J connectivity index is 2.17. The first-order chi connectivity index (χ1) is 10.2. The van der Waals surface area contributed by atoms with E-state index in [0.717, 1.165) is 5.69 Å². The largest absolute Gasteiger partial charge is 0.465 e. The summed E-state index contributed by atoms with van der Waals surface area (Å²) in [5, 5.41) is 0. The lowest BCUT2D eigenvalue weighted by Gasteiger charge is -2.24. The number of carbonyl (C=O) groups excluding carboxylic acids is 1. The molecule has 2 rings (SSSR count). The average Bonchev–Trinajstić information content (AvgIpc) is 2.49. The molecule has 0 heterocycles.